The summed E-state index contributed by atoms with van der Waals surface area (Å²) in [5.41, 5.74) is 1.49. The largest absolute Gasteiger partial charge is 0.349 e. The van der Waals surface area contributed by atoms with Crippen molar-refractivity contribution in [3.63, 3.8) is 0 Å². The fraction of sp³-hybridized carbons (Fsp3) is 0. The molecule has 2 heterocycles. The van der Waals surface area contributed by atoms with Gasteiger partial charge in [0.1, 0.15) is 23.2 Å². The predicted molar refractivity (Wildman–Crippen MR) is 97.3 cm³/mol. The van der Waals surface area contributed by atoms with Gasteiger partial charge in [0.15, 0.2) is 0 Å². The minimum atomic E-state index is -0.400. The second kappa shape index (κ2) is 5.98. The minimum Gasteiger partial charge on any atom is -0.349 e. The number of aromatic nitrogens is 3. The normalized spacial score (nSPS) is 11.8. The first-order chi connectivity index (χ1) is 12.0. The van der Waals surface area contributed by atoms with Crippen molar-refractivity contribution in [3.8, 4) is 0 Å². The van der Waals surface area contributed by atoms with E-state index in [1.807, 2.05) is 0 Å². The highest BCUT2D eigenvalue weighted by Gasteiger charge is 2.11. The zero-order chi connectivity index (χ0) is 17.6. The van der Waals surface area contributed by atoms with Crippen LogP contribution in [0.5, 0.6) is 0 Å². The molecule has 0 amide bonds. The maximum atomic E-state index is 13.4. The summed E-state index contributed by atoms with van der Waals surface area (Å²) in [5.74, 6) is -0.394. The van der Waals surface area contributed by atoms with Gasteiger partial charge in [0.05, 0.1) is 11.2 Å². The zero-order valence-electron chi connectivity index (χ0n) is 12.5. The van der Waals surface area contributed by atoms with Crippen LogP contribution in [-0.4, -0.2) is 20.9 Å². The summed E-state index contributed by atoms with van der Waals surface area (Å²) in [6.07, 6.45) is 2.72. The van der Waals surface area contributed by atoms with Gasteiger partial charge in [-0.15, -0.1) is 0 Å². The molecule has 0 aliphatic carbocycles. The Hall–Kier alpha value is -2.70. The molecule has 0 saturated heterocycles. The summed E-state index contributed by atoms with van der Waals surface area (Å²) >= 11 is 11.9. The molecule has 2 aromatic heterocycles. The lowest BCUT2D eigenvalue weighted by molar-refractivity contribution is 0.630. The number of nitrogens with zero attached hydrogens (tertiary/aromatic N) is 3. The van der Waals surface area contributed by atoms with E-state index >= 15 is 0 Å². The number of benzene rings is 2. The van der Waals surface area contributed by atoms with Crippen LogP contribution in [-0.2, 0) is 0 Å². The Kier molecular flexibility index (Phi) is 3.78. The number of nitrogens with one attached hydrogen (secondary N) is 1. The van der Waals surface area contributed by atoms with E-state index in [2.05, 4.69) is 15.1 Å². The third-order valence-corrected chi connectivity index (χ3v) is 4.30. The lowest BCUT2D eigenvalue weighted by atomic mass is 10.2. The highest BCUT2D eigenvalue weighted by Crippen LogP contribution is 2.22. The number of hydrogen-bond acceptors (Lipinski definition) is 3. The van der Waals surface area contributed by atoms with Crippen LogP contribution in [0.1, 0.15) is 5.56 Å². The van der Waals surface area contributed by atoms with Crippen molar-refractivity contribution in [1.82, 2.24) is 14.6 Å². The Bertz CT molecular complexity index is 1210. The van der Waals surface area contributed by atoms with E-state index in [9.17, 15) is 9.18 Å². The predicted octanol–water partition coefficient (Wildman–Crippen LogP) is 4.21. The van der Waals surface area contributed by atoms with Crippen molar-refractivity contribution in [1.29, 1.82) is 0 Å². The van der Waals surface area contributed by atoms with E-state index in [1.165, 1.54) is 24.7 Å². The maximum Gasteiger partial charge on any atom is 0.298 e. The first kappa shape index (κ1) is 15.8. The quantitative estimate of drug-likeness (QED) is 0.534. The average molecular weight is 375 g/mol. The van der Waals surface area contributed by atoms with Gasteiger partial charge in [0.25, 0.3) is 5.56 Å². The highest BCUT2D eigenvalue weighted by atomic mass is 35.5. The Morgan fingerprint density at radius 1 is 1.20 bits per heavy atom. The summed E-state index contributed by atoms with van der Waals surface area (Å²) in [7, 11) is 0. The van der Waals surface area contributed by atoms with Gasteiger partial charge in [-0.3, -0.25) is 4.79 Å². The number of rotatable bonds is 2. The third-order valence-electron chi connectivity index (χ3n) is 3.74. The number of halogens is 3. The number of H-pyrrole nitrogens is 1. The molecule has 0 fully saturated rings. The maximum absolute atomic E-state index is 13.4. The van der Waals surface area contributed by atoms with E-state index in [0.717, 1.165) is 4.68 Å². The van der Waals surface area contributed by atoms with Crippen LogP contribution in [0.3, 0.4) is 0 Å². The third kappa shape index (κ3) is 2.79. The van der Waals surface area contributed by atoms with Crippen molar-refractivity contribution >= 4 is 51.4 Å². The molecule has 2 aromatic carbocycles. The van der Waals surface area contributed by atoms with Gasteiger partial charge in [-0.25, -0.2) is 9.37 Å². The lowest BCUT2D eigenvalue weighted by Crippen LogP contribution is -2.17. The monoisotopic (exact) mass is 374 g/mol. The van der Waals surface area contributed by atoms with E-state index in [1.54, 1.807) is 24.3 Å². The fourth-order valence-electron chi connectivity index (χ4n) is 2.53. The minimum absolute atomic E-state index is 0.252. The molecule has 0 atom stereocenters. The molecule has 0 unspecified atom stereocenters. The Morgan fingerprint density at radius 3 is 2.84 bits per heavy atom. The molecule has 0 bridgehead atoms. The summed E-state index contributed by atoms with van der Waals surface area (Å²) in [4.78, 5) is 19.7. The highest BCUT2D eigenvalue weighted by molar-refractivity contribution is 6.36. The van der Waals surface area contributed by atoms with Gasteiger partial charge < -0.3 is 4.98 Å². The van der Waals surface area contributed by atoms with E-state index < -0.39 is 11.4 Å². The van der Waals surface area contributed by atoms with Crippen molar-refractivity contribution in [2.75, 3.05) is 0 Å². The van der Waals surface area contributed by atoms with Crippen molar-refractivity contribution in [2.45, 2.75) is 0 Å². The van der Waals surface area contributed by atoms with E-state index in [-0.39, 0.29) is 5.52 Å². The Labute approximate surface area is 150 Å². The zero-order valence-corrected chi connectivity index (χ0v) is 14.0. The van der Waals surface area contributed by atoms with Gasteiger partial charge in [-0.05, 0) is 30.3 Å². The molecule has 124 valence electrons. The second-order valence-corrected chi connectivity index (χ2v) is 6.19. The van der Waals surface area contributed by atoms with E-state index in [0.29, 0.717) is 32.0 Å². The summed E-state index contributed by atoms with van der Waals surface area (Å²) in [6.45, 7) is 0. The van der Waals surface area contributed by atoms with Crippen LogP contribution in [0.15, 0.2) is 52.6 Å². The van der Waals surface area contributed by atoms with Gasteiger partial charge in [0, 0.05) is 21.5 Å². The second-order valence-electron chi connectivity index (χ2n) is 5.34. The van der Waals surface area contributed by atoms with E-state index in [4.69, 9.17) is 23.2 Å². The van der Waals surface area contributed by atoms with Crippen molar-refractivity contribution < 1.29 is 4.39 Å². The topological polar surface area (TPSA) is 63.0 Å². The number of aromatic amines is 1. The Morgan fingerprint density at radius 2 is 2.04 bits per heavy atom. The standard InChI is InChI=1S/C17H9Cl2FN4O/c18-10-2-1-9(13(19)5-10)7-22-24-8-21-15-12-6-11(20)3-4-14(12)23-16(15)17(24)25/h1-8,23H. The summed E-state index contributed by atoms with van der Waals surface area (Å²) in [5, 5.41) is 5.57. The lowest BCUT2D eigenvalue weighted by Gasteiger charge is -2.00. The molecule has 0 aliphatic heterocycles. The summed E-state index contributed by atoms with van der Waals surface area (Å²) < 4.78 is 14.5. The Balaban J connectivity index is 1.83. The summed E-state index contributed by atoms with van der Waals surface area (Å²) in [6, 6.07) is 9.16. The smallest absolute Gasteiger partial charge is 0.298 e. The molecule has 5 nitrogen and oxygen atoms in total. The van der Waals surface area contributed by atoms with Crippen LogP contribution in [0.2, 0.25) is 10.0 Å². The van der Waals surface area contributed by atoms with Gasteiger partial charge in [-0.1, -0.05) is 29.3 Å². The fourth-order valence-corrected chi connectivity index (χ4v) is 2.99. The molecule has 1 N–H and O–H groups in total. The van der Waals surface area contributed by atoms with Crippen molar-refractivity contribution in [3.05, 3.63) is 74.5 Å². The molecular weight excluding hydrogens is 366 g/mol. The van der Waals surface area contributed by atoms with Gasteiger partial charge in [-0.2, -0.15) is 9.78 Å². The molecule has 0 aliphatic rings. The van der Waals surface area contributed by atoms with Crippen LogP contribution >= 0.6 is 23.2 Å². The molecule has 4 aromatic rings. The first-order valence-corrected chi connectivity index (χ1v) is 7.96. The van der Waals surface area contributed by atoms with Crippen LogP contribution in [0.25, 0.3) is 21.9 Å². The molecule has 25 heavy (non-hydrogen) atoms. The van der Waals surface area contributed by atoms with Crippen LogP contribution in [0, 0.1) is 5.82 Å². The van der Waals surface area contributed by atoms with Gasteiger partial charge >= 0.3 is 0 Å². The molecule has 0 saturated carbocycles. The first-order valence-electron chi connectivity index (χ1n) is 7.21. The molecular formula is C17H9Cl2FN4O. The SMILES string of the molecule is O=c1c2[nH]c3ccc(F)cc3c2ncn1N=Cc1ccc(Cl)cc1Cl. The van der Waals surface area contributed by atoms with Crippen LogP contribution < -0.4 is 5.56 Å². The molecule has 0 spiro atoms. The molecule has 0 radical (unpaired) electrons. The molecule has 4 rings (SSSR count). The molecule has 8 heteroatoms. The number of hydrogen-bond donors (Lipinski definition) is 1. The average Bonchev–Trinajstić information content (AvgIpc) is 2.94. The number of fused-ring (bicyclic) bond motifs is 3. The van der Waals surface area contributed by atoms with Crippen LogP contribution in [0.4, 0.5) is 4.39 Å². The van der Waals surface area contributed by atoms with Crippen molar-refractivity contribution in [2.24, 2.45) is 5.10 Å². The van der Waals surface area contributed by atoms with Gasteiger partial charge in [0.2, 0.25) is 0 Å².